The van der Waals surface area contributed by atoms with Crippen LogP contribution in [0.4, 0.5) is 0 Å². The molecule has 0 rings (SSSR count). The Morgan fingerprint density at radius 2 is 1.04 bits per heavy atom. The molecule has 1 radical (unpaired) electrons. The fourth-order valence-corrected chi connectivity index (χ4v) is 1.29. The summed E-state index contributed by atoms with van der Waals surface area (Å²) in [5, 5.41) is 0. The first kappa shape index (κ1) is 50.1. The molecule has 25 heavy (non-hydrogen) atoms. The van der Waals surface area contributed by atoms with Gasteiger partial charge in [0, 0.05) is 58.0 Å². The average Bonchev–Trinajstić information content (AvgIpc) is 2.29. The molecule has 161 valence electrons. The fourth-order valence-electron chi connectivity index (χ4n) is 1.29. The molecular weight excluding hydrogens is 399 g/mol. The zero-order valence-electron chi connectivity index (χ0n) is 14.8. The van der Waals surface area contributed by atoms with Crippen LogP contribution in [0.3, 0.4) is 0 Å². The van der Waals surface area contributed by atoms with E-state index in [1.807, 2.05) is 20.8 Å². The minimum atomic E-state index is 0. The molecule has 0 aromatic carbocycles. The molecule has 0 aliphatic heterocycles. The summed E-state index contributed by atoms with van der Waals surface area (Å²) in [6.45, 7) is 9.18. The molecule has 13 N–H and O–H groups in total. The van der Waals surface area contributed by atoms with Gasteiger partial charge >= 0.3 is 0 Å². The van der Waals surface area contributed by atoms with Crippen molar-refractivity contribution in [2.24, 2.45) is 11.5 Å². The zero-order valence-corrected chi connectivity index (χ0v) is 17.6. The molecule has 0 saturated carbocycles. The van der Waals surface area contributed by atoms with Crippen LogP contribution in [0, 0.1) is 0 Å². The second-order valence-electron chi connectivity index (χ2n) is 4.96. The minimum absolute atomic E-state index is 0. The van der Waals surface area contributed by atoms with Crippen LogP contribution in [0.15, 0.2) is 0 Å². The second-order valence-corrected chi connectivity index (χ2v) is 4.96. The number of ether oxygens (including phenoxy) is 3. The molecule has 3 unspecified atom stereocenters. The van der Waals surface area contributed by atoms with Crippen molar-refractivity contribution in [3.8, 4) is 0 Å². The third-order valence-corrected chi connectivity index (χ3v) is 2.20. The number of rotatable bonds is 12. The van der Waals surface area contributed by atoms with Gasteiger partial charge in [0.15, 0.2) is 0 Å². The molecule has 0 fully saturated rings. The van der Waals surface area contributed by atoms with Gasteiger partial charge in [0.05, 0.1) is 25.9 Å². The first-order valence-electron chi connectivity index (χ1n) is 6.80. The third-order valence-electron chi connectivity index (χ3n) is 2.20. The monoisotopic (exact) mass is 450 g/mol. The summed E-state index contributed by atoms with van der Waals surface area (Å²) in [4.78, 5) is 0. The maximum Gasteiger partial charge on any atom is 0.0781 e. The van der Waals surface area contributed by atoms with Crippen molar-refractivity contribution >= 4 is 0 Å². The van der Waals surface area contributed by atoms with Gasteiger partial charge in [-0.3, -0.25) is 0 Å². The molecule has 3 atom stereocenters. The Kier molecular flexibility index (Phi) is 71.7. The van der Waals surface area contributed by atoms with E-state index in [4.69, 9.17) is 25.7 Å². The van der Waals surface area contributed by atoms with Crippen LogP contribution in [-0.4, -0.2) is 51.2 Å². The van der Waals surface area contributed by atoms with Crippen LogP contribution in [0.1, 0.15) is 55.9 Å². The molecule has 8 nitrogen and oxygen atoms in total. The van der Waals surface area contributed by atoms with Crippen LogP contribution >= 0.6 is 0 Å². The van der Waals surface area contributed by atoms with Crippen molar-refractivity contribution in [2.75, 3.05) is 33.0 Å². The Hall–Kier alpha value is 0.784. The van der Waals surface area contributed by atoms with E-state index in [2.05, 4.69) is 0 Å². The van der Waals surface area contributed by atoms with Crippen molar-refractivity contribution in [3.63, 3.8) is 0 Å². The number of unbranched alkanes of at least 4 members (excludes halogenated alkanes) is 1. The van der Waals surface area contributed by atoms with E-state index < -0.39 is 0 Å². The quantitative estimate of drug-likeness (QED) is 0.280. The van der Waals surface area contributed by atoms with Crippen molar-refractivity contribution < 1.29 is 46.9 Å². The number of hydrogen-bond acceptors (Lipinski definition) is 8. The van der Waals surface area contributed by atoms with Gasteiger partial charge in [0.2, 0.25) is 0 Å². The second kappa shape index (κ2) is 35.8. The van der Waals surface area contributed by atoms with Gasteiger partial charge in [-0.1, -0.05) is 22.3 Å². The maximum absolute atomic E-state index is 5.60. The summed E-state index contributed by atoms with van der Waals surface area (Å²) < 4.78 is 16.4. The molecule has 0 bridgehead atoms. The van der Waals surface area contributed by atoms with E-state index in [0.717, 1.165) is 26.1 Å². The summed E-state index contributed by atoms with van der Waals surface area (Å²) in [6.07, 6.45) is 2.10. The molecule has 0 amide bonds. The number of nitrogens with two attached hydrogens (primary N) is 2. The molecule has 0 aromatic heterocycles. The van der Waals surface area contributed by atoms with Gasteiger partial charge in [0.25, 0.3) is 0 Å². The van der Waals surface area contributed by atoms with Gasteiger partial charge in [-0.15, -0.1) is 0 Å². The normalized spacial score (nSPS) is 11.9. The molecule has 0 spiro atoms. The average molecular weight is 451 g/mol. The topological polar surface area (TPSA) is 185 Å². The first-order chi connectivity index (χ1) is 8.52. The Morgan fingerprint density at radius 3 is 1.40 bits per heavy atom. The summed E-state index contributed by atoms with van der Waals surface area (Å²) in [5.74, 6) is 0. The van der Waals surface area contributed by atoms with Crippen LogP contribution in [0.25, 0.3) is 0 Å². The standard InChI is InChI=1S/C13H30N2O3.3CH4.3H3N.Y/c1-11(14)8-16-6-4-5-7-17-10-13(3)18-9-12(2)15;;;;;;;/h11-13H,4-10,14-15H2,1-3H3;3*1H4;3*1H3;. The third kappa shape index (κ3) is 45.7. The van der Waals surface area contributed by atoms with E-state index in [-0.39, 0.29) is 91.6 Å². The van der Waals surface area contributed by atoms with Crippen LogP contribution in [-0.2, 0) is 46.9 Å². The van der Waals surface area contributed by atoms with Gasteiger partial charge in [-0.05, 0) is 33.6 Å². The predicted molar refractivity (Wildman–Crippen MR) is 109 cm³/mol. The molecule has 0 aliphatic rings. The maximum atomic E-state index is 5.60. The molecule has 0 saturated heterocycles. The summed E-state index contributed by atoms with van der Waals surface area (Å²) in [6, 6.07) is 0.193. The van der Waals surface area contributed by atoms with E-state index in [9.17, 15) is 0 Å². The van der Waals surface area contributed by atoms with Crippen LogP contribution in [0.5, 0.6) is 0 Å². The molecule has 0 aliphatic carbocycles. The fraction of sp³-hybridized carbons (Fsp3) is 1.00. The Balaban J connectivity index is -0.0000000688. The van der Waals surface area contributed by atoms with Crippen molar-refractivity contribution in [1.82, 2.24) is 18.5 Å². The number of hydrogen-bond donors (Lipinski definition) is 5. The molecule has 9 heteroatoms. The molecular formula is C16H51N5O3Y. The van der Waals surface area contributed by atoms with Crippen LogP contribution < -0.4 is 29.9 Å². The smallest absolute Gasteiger partial charge is 0.0781 e. The summed E-state index contributed by atoms with van der Waals surface area (Å²) >= 11 is 0. The van der Waals surface area contributed by atoms with Gasteiger partial charge in [-0.2, -0.15) is 0 Å². The zero-order chi connectivity index (χ0) is 13.8. The van der Waals surface area contributed by atoms with E-state index in [1.54, 1.807) is 0 Å². The Labute approximate surface area is 183 Å². The van der Waals surface area contributed by atoms with E-state index in [1.165, 1.54) is 0 Å². The van der Waals surface area contributed by atoms with Gasteiger partial charge < -0.3 is 44.1 Å². The van der Waals surface area contributed by atoms with E-state index in [0.29, 0.717) is 19.8 Å². The largest absolute Gasteiger partial charge is 0.380 e. The van der Waals surface area contributed by atoms with Crippen LogP contribution in [0.2, 0.25) is 0 Å². The molecule has 0 aromatic rings. The van der Waals surface area contributed by atoms with Gasteiger partial charge in [0.1, 0.15) is 0 Å². The summed E-state index contributed by atoms with van der Waals surface area (Å²) in [7, 11) is 0. The molecule has 0 heterocycles. The van der Waals surface area contributed by atoms with E-state index >= 15 is 0 Å². The summed E-state index contributed by atoms with van der Waals surface area (Å²) in [5.41, 5.74) is 11.2. The Bertz CT molecular complexity index is 193. The SMILES string of the molecule is C.C.C.CC(N)COCCCCOCC(C)OCC(C)N.N.N.N.[Y]. The Morgan fingerprint density at radius 1 is 0.680 bits per heavy atom. The van der Waals surface area contributed by atoms with Gasteiger partial charge in [-0.25, -0.2) is 0 Å². The first-order valence-corrected chi connectivity index (χ1v) is 6.80. The predicted octanol–water partition coefficient (Wildman–Crippen LogP) is 3.29. The van der Waals surface area contributed by atoms with Crippen molar-refractivity contribution in [2.45, 2.75) is 74.1 Å². The minimum Gasteiger partial charge on any atom is -0.380 e. The van der Waals surface area contributed by atoms with Crippen molar-refractivity contribution in [1.29, 1.82) is 0 Å². The van der Waals surface area contributed by atoms with Crippen molar-refractivity contribution in [3.05, 3.63) is 0 Å².